The maximum atomic E-state index is 13.1. The third-order valence-electron chi connectivity index (χ3n) is 5.32. The third-order valence-corrected chi connectivity index (χ3v) is 5.32. The van der Waals surface area contributed by atoms with Crippen LogP contribution in [0.4, 0.5) is 0 Å². The van der Waals surface area contributed by atoms with Crippen LogP contribution in [0.3, 0.4) is 0 Å². The van der Waals surface area contributed by atoms with Crippen molar-refractivity contribution >= 4 is 11.6 Å². The minimum atomic E-state index is 0.0101. The zero-order chi connectivity index (χ0) is 18.3. The van der Waals surface area contributed by atoms with Gasteiger partial charge in [0.2, 0.25) is 0 Å². The van der Waals surface area contributed by atoms with Gasteiger partial charge in [-0.2, -0.15) is 5.10 Å². The van der Waals surface area contributed by atoms with Gasteiger partial charge >= 0.3 is 0 Å². The van der Waals surface area contributed by atoms with Crippen LogP contribution in [0.1, 0.15) is 49.3 Å². The number of benzene rings is 1. The van der Waals surface area contributed by atoms with E-state index in [4.69, 9.17) is 4.98 Å². The molecule has 0 radical (unpaired) electrons. The Hall–Kier alpha value is -2.69. The van der Waals surface area contributed by atoms with E-state index in [9.17, 15) is 4.79 Å². The first-order chi connectivity index (χ1) is 12.5. The number of amides is 1. The normalized spacial score (nSPS) is 20.5. The highest BCUT2D eigenvalue weighted by Crippen LogP contribution is 2.25. The lowest BCUT2D eigenvalue weighted by molar-refractivity contribution is 0.0504. The summed E-state index contributed by atoms with van der Waals surface area (Å²) in [4.78, 5) is 19.8. The van der Waals surface area contributed by atoms with Crippen LogP contribution in [0, 0.1) is 6.92 Å². The highest BCUT2D eigenvalue weighted by molar-refractivity contribution is 5.94. The minimum Gasteiger partial charge on any atom is -0.332 e. The van der Waals surface area contributed by atoms with E-state index in [1.165, 1.54) is 6.42 Å². The lowest BCUT2D eigenvalue weighted by atomic mass is 9.97. The molecule has 26 heavy (non-hydrogen) atoms. The molecule has 0 spiro atoms. The van der Waals surface area contributed by atoms with Crippen molar-refractivity contribution in [2.24, 2.45) is 0 Å². The summed E-state index contributed by atoms with van der Waals surface area (Å²) < 4.78 is 1.76. The highest BCUT2D eigenvalue weighted by atomic mass is 16.2. The zero-order valence-electron chi connectivity index (χ0n) is 15.5. The smallest absolute Gasteiger partial charge is 0.274 e. The maximum absolute atomic E-state index is 13.1. The van der Waals surface area contributed by atoms with Crippen LogP contribution in [0.25, 0.3) is 16.9 Å². The van der Waals surface area contributed by atoms with Gasteiger partial charge in [0.25, 0.3) is 5.91 Å². The van der Waals surface area contributed by atoms with Gasteiger partial charge in [-0.3, -0.25) is 4.79 Å². The number of hydrogen-bond donors (Lipinski definition) is 0. The lowest BCUT2D eigenvalue weighted by Crippen LogP contribution is -2.47. The van der Waals surface area contributed by atoms with Gasteiger partial charge in [-0.1, -0.05) is 30.3 Å². The van der Waals surface area contributed by atoms with Gasteiger partial charge in [-0.05, 0) is 46.1 Å². The van der Waals surface area contributed by atoms with E-state index < -0.39 is 0 Å². The van der Waals surface area contributed by atoms with Crippen molar-refractivity contribution in [1.82, 2.24) is 19.5 Å². The molecule has 0 saturated carbocycles. The second-order valence-corrected chi connectivity index (χ2v) is 7.29. The second-order valence-electron chi connectivity index (χ2n) is 7.29. The Labute approximate surface area is 153 Å². The molecule has 5 heteroatoms. The number of aromatic nitrogens is 3. The number of fused-ring (bicyclic) bond motifs is 1. The lowest BCUT2D eigenvalue weighted by Gasteiger charge is -2.38. The van der Waals surface area contributed by atoms with Gasteiger partial charge < -0.3 is 4.90 Å². The van der Waals surface area contributed by atoms with Crippen molar-refractivity contribution < 1.29 is 4.79 Å². The minimum absolute atomic E-state index is 0.0101. The number of hydrogen-bond acceptors (Lipinski definition) is 3. The molecule has 4 rings (SSSR count). The molecule has 1 fully saturated rings. The number of carbonyl (C=O) groups is 1. The fourth-order valence-corrected chi connectivity index (χ4v) is 3.94. The molecule has 1 amide bonds. The van der Waals surface area contributed by atoms with Crippen molar-refractivity contribution in [3.63, 3.8) is 0 Å². The first-order valence-corrected chi connectivity index (χ1v) is 9.30. The monoisotopic (exact) mass is 348 g/mol. The van der Waals surface area contributed by atoms with Crippen molar-refractivity contribution in [3.8, 4) is 11.3 Å². The van der Waals surface area contributed by atoms with Crippen LogP contribution in [-0.2, 0) is 0 Å². The van der Waals surface area contributed by atoms with E-state index in [0.717, 1.165) is 29.8 Å². The van der Waals surface area contributed by atoms with Gasteiger partial charge in [0, 0.05) is 29.4 Å². The highest BCUT2D eigenvalue weighted by Gasteiger charge is 2.31. The topological polar surface area (TPSA) is 50.5 Å². The summed E-state index contributed by atoms with van der Waals surface area (Å²) in [6, 6.07) is 14.4. The summed E-state index contributed by atoms with van der Waals surface area (Å²) >= 11 is 0. The molecule has 1 aliphatic rings. The predicted molar refractivity (Wildman–Crippen MR) is 102 cm³/mol. The summed E-state index contributed by atoms with van der Waals surface area (Å²) in [5.74, 6) is 0.0101. The average Bonchev–Trinajstić information content (AvgIpc) is 3.07. The molecule has 3 aromatic rings. The van der Waals surface area contributed by atoms with Crippen molar-refractivity contribution in [2.45, 2.75) is 52.1 Å². The number of nitrogens with zero attached hydrogens (tertiary/aromatic N) is 4. The Bertz CT molecular complexity index is 937. The summed E-state index contributed by atoms with van der Waals surface area (Å²) in [5, 5.41) is 4.55. The summed E-state index contributed by atoms with van der Waals surface area (Å²) in [6.07, 6.45) is 3.29. The fraction of sp³-hybridized carbons (Fsp3) is 0.381. The molecule has 2 aromatic heterocycles. The van der Waals surface area contributed by atoms with Crippen LogP contribution in [0.5, 0.6) is 0 Å². The molecular formula is C21H24N4O. The molecule has 1 saturated heterocycles. The zero-order valence-corrected chi connectivity index (χ0v) is 15.5. The fourth-order valence-electron chi connectivity index (χ4n) is 3.94. The molecule has 1 aromatic carbocycles. The van der Waals surface area contributed by atoms with Crippen LogP contribution in [0.2, 0.25) is 0 Å². The molecule has 5 nitrogen and oxygen atoms in total. The van der Waals surface area contributed by atoms with Gasteiger partial charge in [0.05, 0.1) is 5.69 Å². The number of rotatable bonds is 2. The van der Waals surface area contributed by atoms with E-state index in [0.29, 0.717) is 11.3 Å². The first kappa shape index (κ1) is 16.8. The molecule has 0 aliphatic carbocycles. The van der Waals surface area contributed by atoms with Crippen molar-refractivity contribution in [3.05, 3.63) is 53.9 Å². The van der Waals surface area contributed by atoms with E-state index in [1.54, 1.807) is 4.52 Å². The quantitative estimate of drug-likeness (QED) is 0.700. The Morgan fingerprint density at radius 1 is 1.08 bits per heavy atom. The number of carbonyl (C=O) groups excluding carboxylic acids is 1. The third kappa shape index (κ3) is 2.87. The Morgan fingerprint density at radius 2 is 1.77 bits per heavy atom. The summed E-state index contributed by atoms with van der Waals surface area (Å²) in [5.41, 5.74) is 4.11. The molecule has 1 aliphatic heterocycles. The van der Waals surface area contributed by atoms with Gasteiger partial charge in [-0.25, -0.2) is 9.50 Å². The summed E-state index contributed by atoms with van der Waals surface area (Å²) in [7, 11) is 0. The van der Waals surface area contributed by atoms with Crippen LogP contribution < -0.4 is 0 Å². The second kappa shape index (κ2) is 6.56. The Morgan fingerprint density at radius 3 is 2.46 bits per heavy atom. The first-order valence-electron chi connectivity index (χ1n) is 9.30. The number of aryl methyl sites for hydroxylation is 1. The number of likely N-dealkylation sites (tertiary alicyclic amines) is 1. The molecule has 3 heterocycles. The van der Waals surface area contributed by atoms with E-state index in [-0.39, 0.29) is 18.0 Å². The molecule has 2 unspecified atom stereocenters. The summed E-state index contributed by atoms with van der Waals surface area (Å²) in [6.45, 7) is 6.25. The van der Waals surface area contributed by atoms with E-state index in [2.05, 4.69) is 18.9 Å². The van der Waals surface area contributed by atoms with Crippen molar-refractivity contribution in [1.29, 1.82) is 0 Å². The van der Waals surface area contributed by atoms with Gasteiger partial charge in [-0.15, -0.1) is 0 Å². The molecule has 2 atom stereocenters. The Balaban J connectivity index is 1.73. The van der Waals surface area contributed by atoms with E-state index in [1.807, 2.05) is 54.3 Å². The standard InChI is InChI=1S/C21H24N4O/c1-14-8-7-9-15(2)24(14)21(26)19-13-20-22-18(12-16(3)25(20)23-19)17-10-5-4-6-11-17/h4-6,10-15H,7-9H2,1-3H3. The van der Waals surface area contributed by atoms with Crippen LogP contribution in [0.15, 0.2) is 42.5 Å². The molecular weight excluding hydrogens is 324 g/mol. The number of piperidine rings is 1. The van der Waals surface area contributed by atoms with Gasteiger partial charge in [0.1, 0.15) is 0 Å². The van der Waals surface area contributed by atoms with Gasteiger partial charge in [0.15, 0.2) is 11.3 Å². The SMILES string of the molecule is Cc1cc(-c2ccccc2)nc2cc(C(=O)N3C(C)CCCC3C)nn12. The van der Waals surface area contributed by atoms with Crippen LogP contribution >= 0.6 is 0 Å². The van der Waals surface area contributed by atoms with E-state index >= 15 is 0 Å². The molecule has 0 N–H and O–H groups in total. The predicted octanol–water partition coefficient (Wildman–Crippen LogP) is 4.11. The Kier molecular flexibility index (Phi) is 4.23. The molecule has 134 valence electrons. The maximum Gasteiger partial charge on any atom is 0.274 e. The molecule has 0 bridgehead atoms. The largest absolute Gasteiger partial charge is 0.332 e. The van der Waals surface area contributed by atoms with Crippen LogP contribution in [-0.4, -0.2) is 37.5 Å². The average molecular weight is 348 g/mol. The van der Waals surface area contributed by atoms with Crippen molar-refractivity contribution in [2.75, 3.05) is 0 Å².